The Balaban J connectivity index is 2.14. The third-order valence-electron chi connectivity index (χ3n) is 2.22. The summed E-state index contributed by atoms with van der Waals surface area (Å²) >= 11 is 4.61. The zero-order valence-electron chi connectivity index (χ0n) is 10.4. The normalized spacial score (nSPS) is 11.1. The molecular formula is C12H11BrN2O3S2. The van der Waals surface area contributed by atoms with Crippen molar-refractivity contribution in [3.63, 3.8) is 0 Å². The average molecular weight is 375 g/mol. The van der Waals surface area contributed by atoms with Crippen molar-refractivity contribution in [2.75, 3.05) is 16.3 Å². The van der Waals surface area contributed by atoms with E-state index in [4.69, 9.17) is 0 Å². The first-order chi connectivity index (χ1) is 9.33. The molecule has 1 aromatic heterocycles. The molecule has 0 aliphatic rings. The molecule has 2 aromatic rings. The van der Waals surface area contributed by atoms with E-state index in [-0.39, 0.29) is 5.91 Å². The maximum atomic E-state index is 12.0. The first kappa shape index (κ1) is 15.0. The highest BCUT2D eigenvalue weighted by Gasteiger charge is 2.09. The Bertz CT molecular complexity index is 741. The van der Waals surface area contributed by atoms with Gasteiger partial charge in [0, 0.05) is 5.69 Å². The maximum Gasteiger partial charge on any atom is 0.265 e. The minimum absolute atomic E-state index is 0.239. The second kappa shape index (κ2) is 5.94. The Kier molecular flexibility index (Phi) is 4.46. The van der Waals surface area contributed by atoms with Crippen molar-refractivity contribution in [3.05, 3.63) is 45.1 Å². The SMILES string of the molecule is CS(=O)(=O)Nc1cccc(NC(=O)c2ccc(Br)s2)c1. The van der Waals surface area contributed by atoms with Gasteiger partial charge in [0.2, 0.25) is 10.0 Å². The molecule has 0 aliphatic heterocycles. The van der Waals surface area contributed by atoms with Gasteiger partial charge < -0.3 is 5.32 Å². The van der Waals surface area contributed by atoms with Crippen LogP contribution in [-0.4, -0.2) is 20.6 Å². The van der Waals surface area contributed by atoms with Gasteiger partial charge >= 0.3 is 0 Å². The van der Waals surface area contributed by atoms with Gasteiger partial charge in [0.1, 0.15) is 0 Å². The van der Waals surface area contributed by atoms with Crippen LogP contribution in [0, 0.1) is 0 Å². The van der Waals surface area contributed by atoms with E-state index in [9.17, 15) is 13.2 Å². The zero-order valence-corrected chi connectivity index (χ0v) is 13.6. The number of thiophene rings is 1. The van der Waals surface area contributed by atoms with Crippen LogP contribution in [0.2, 0.25) is 0 Å². The fraction of sp³-hybridized carbons (Fsp3) is 0.0833. The van der Waals surface area contributed by atoms with Crippen molar-refractivity contribution in [2.24, 2.45) is 0 Å². The number of hydrogen-bond donors (Lipinski definition) is 2. The lowest BCUT2D eigenvalue weighted by atomic mass is 10.3. The molecule has 0 fully saturated rings. The fourth-order valence-electron chi connectivity index (χ4n) is 1.50. The highest BCUT2D eigenvalue weighted by molar-refractivity contribution is 9.11. The summed E-state index contributed by atoms with van der Waals surface area (Å²) in [6, 6.07) is 10.0. The first-order valence-corrected chi connectivity index (χ1v) is 8.98. The van der Waals surface area contributed by atoms with Gasteiger partial charge in [-0.2, -0.15) is 0 Å². The number of halogens is 1. The van der Waals surface area contributed by atoms with Gasteiger partial charge in [0.25, 0.3) is 5.91 Å². The summed E-state index contributed by atoms with van der Waals surface area (Å²) in [6.45, 7) is 0. The summed E-state index contributed by atoms with van der Waals surface area (Å²) in [5, 5.41) is 2.71. The van der Waals surface area contributed by atoms with Crippen LogP contribution in [0.4, 0.5) is 11.4 Å². The molecule has 0 radical (unpaired) electrons. The highest BCUT2D eigenvalue weighted by Crippen LogP contribution is 2.23. The predicted molar refractivity (Wildman–Crippen MR) is 84.9 cm³/mol. The molecule has 0 saturated carbocycles. The predicted octanol–water partition coefficient (Wildman–Crippen LogP) is 3.13. The number of sulfonamides is 1. The van der Waals surface area contributed by atoms with Crippen molar-refractivity contribution in [1.29, 1.82) is 0 Å². The molecule has 0 spiro atoms. The minimum Gasteiger partial charge on any atom is -0.321 e. The van der Waals surface area contributed by atoms with E-state index < -0.39 is 10.0 Å². The monoisotopic (exact) mass is 374 g/mol. The summed E-state index contributed by atoms with van der Waals surface area (Å²) in [4.78, 5) is 12.5. The Morgan fingerprint density at radius 3 is 2.50 bits per heavy atom. The Morgan fingerprint density at radius 2 is 1.90 bits per heavy atom. The van der Waals surface area contributed by atoms with Crippen LogP contribution >= 0.6 is 27.3 Å². The van der Waals surface area contributed by atoms with Gasteiger partial charge in [-0.25, -0.2) is 8.42 Å². The van der Waals surface area contributed by atoms with Crippen LogP contribution in [0.15, 0.2) is 40.2 Å². The highest BCUT2D eigenvalue weighted by atomic mass is 79.9. The summed E-state index contributed by atoms with van der Waals surface area (Å²) in [5.41, 5.74) is 0.922. The second-order valence-corrected chi connectivity index (χ2v) is 8.22. The molecule has 0 aliphatic carbocycles. The number of benzene rings is 1. The van der Waals surface area contributed by atoms with Crippen LogP contribution in [0.5, 0.6) is 0 Å². The molecule has 2 N–H and O–H groups in total. The van der Waals surface area contributed by atoms with E-state index in [1.54, 1.807) is 36.4 Å². The molecule has 1 heterocycles. The van der Waals surface area contributed by atoms with Crippen molar-refractivity contribution in [1.82, 2.24) is 0 Å². The van der Waals surface area contributed by atoms with E-state index in [1.165, 1.54) is 11.3 Å². The van der Waals surface area contributed by atoms with E-state index in [0.29, 0.717) is 16.3 Å². The van der Waals surface area contributed by atoms with Gasteiger partial charge in [-0.3, -0.25) is 9.52 Å². The molecule has 106 valence electrons. The van der Waals surface area contributed by atoms with Gasteiger partial charge in [0.05, 0.1) is 20.6 Å². The Morgan fingerprint density at radius 1 is 1.20 bits per heavy atom. The van der Waals surface area contributed by atoms with E-state index >= 15 is 0 Å². The van der Waals surface area contributed by atoms with Gasteiger partial charge in [-0.05, 0) is 46.3 Å². The summed E-state index contributed by atoms with van der Waals surface area (Å²) < 4.78 is 25.5. The van der Waals surface area contributed by atoms with Crippen molar-refractivity contribution >= 4 is 54.6 Å². The minimum atomic E-state index is -3.34. The Hall–Kier alpha value is -1.38. The summed E-state index contributed by atoms with van der Waals surface area (Å²) in [5.74, 6) is -0.239. The quantitative estimate of drug-likeness (QED) is 0.862. The largest absolute Gasteiger partial charge is 0.321 e. The molecule has 0 bridgehead atoms. The van der Waals surface area contributed by atoms with Crippen molar-refractivity contribution in [3.8, 4) is 0 Å². The molecule has 0 atom stereocenters. The third kappa shape index (κ3) is 4.32. The van der Waals surface area contributed by atoms with Crippen LogP contribution in [0.3, 0.4) is 0 Å². The summed E-state index contributed by atoms with van der Waals surface area (Å²) in [7, 11) is -3.34. The van der Waals surface area contributed by atoms with E-state index in [0.717, 1.165) is 10.0 Å². The number of amides is 1. The van der Waals surface area contributed by atoms with Crippen molar-refractivity contribution < 1.29 is 13.2 Å². The number of carbonyl (C=O) groups is 1. The van der Waals surface area contributed by atoms with Gasteiger partial charge in [-0.15, -0.1) is 11.3 Å². The smallest absolute Gasteiger partial charge is 0.265 e. The lowest BCUT2D eigenvalue weighted by Crippen LogP contribution is -2.12. The molecule has 2 rings (SSSR count). The number of hydrogen-bond acceptors (Lipinski definition) is 4. The number of carbonyl (C=O) groups excluding carboxylic acids is 1. The lowest BCUT2D eigenvalue weighted by Gasteiger charge is -2.07. The molecule has 5 nitrogen and oxygen atoms in total. The van der Waals surface area contributed by atoms with Crippen LogP contribution in [0.25, 0.3) is 0 Å². The lowest BCUT2D eigenvalue weighted by molar-refractivity contribution is 0.103. The zero-order chi connectivity index (χ0) is 14.8. The molecular weight excluding hydrogens is 364 g/mol. The average Bonchev–Trinajstić information content (AvgIpc) is 2.74. The summed E-state index contributed by atoms with van der Waals surface area (Å²) in [6.07, 6.45) is 1.07. The molecule has 8 heteroatoms. The van der Waals surface area contributed by atoms with E-state index in [1.807, 2.05) is 0 Å². The maximum absolute atomic E-state index is 12.0. The standard InChI is InChI=1S/C12H11BrN2O3S2/c1-20(17,18)15-9-4-2-3-8(7-9)14-12(16)10-5-6-11(13)19-10/h2-7,15H,1H3,(H,14,16). The van der Waals surface area contributed by atoms with Gasteiger partial charge in [0.15, 0.2) is 0 Å². The van der Waals surface area contributed by atoms with Gasteiger partial charge in [-0.1, -0.05) is 6.07 Å². The van der Waals surface area contributed by atoms with Crippen LogP contribution in [-0.2, 0) is 10.0 Å². The second-order valence-electron chi connectivity index (χ2n) is 4.01. The molecule has 0 saturated heterocycles. The molecule has 20 heavy (non-hydrogen) atoms. The number of rotatable bonds is 4. The van der Waals surface area contributed by atoms with Crippen molar-refractivity contribution in [2.45, 2.75) is 0 Å². The molecule has 0 unspecified atom stereocenters. The number of anilines is 2. The topological polar surface area (TPSA) is 75.3 Å². The molecule has 1 aromatic carbocycles. The number of nitrogens with one attached hydrogen (secondary N) is 2. The first-order valence-electron chi connectivity index (χ1n) is 5.48. The third-order valence-corrected chi connectivity index (χ3v) is 4.45. The molecule has 1 amide bonds. The Labute approximate surface area is 129 Å². The van der Waals surface area contributed by atoms with Crippen LogP contribution in [0.1, 0.15) is 9.67 Å². The van der Waals surface area contributed by atoms with E-state index in [2.05, 4.69) is 26.0 Å². The van der Waals surface area contributed by atoms with Crippen LogP contribution < -0.4 is 10.0 Å². The fourth-order valence-corrected chi connectivity index (χ4v) is 3.34.